The molecule has 0 aliphatic carbocycles. The fourth-order valence-corrected chi connectivity index (χ4v) is 3.29. The monoisotopic (exact) mass is 363 g/mol. The van der Waals surface area contributed by atoms with Gasteiger partial charge in [0.05, 0.1) is 12.1 Å². The summed E-state index contributed by atoms with van der Waals surface area (Å²) in [5, 5.41) is 13.4. The van der Waals surface area contributed by atoms with E-state index < -0.39 is 17.3 Å². The number of fused-ring (bicyclic) bond motifs is 1. The Morgan fingerprint density at radius 1 is 1.36 bits per heavy atom. The second-order valence-corrected chi connectivity index (χ2v) is 6.35. The molecule has 22 heavy (non-hydrogen) atoms. The number of aryl methyl sites for hydroxylation is 2. The van der Waals surface area contributed by atoms with Gasteiger partial charge in [0.25, 0.3) is 5.91 Å². The van der Waals surface area contributed by atoms with E-state index in [9.17, 15) is 14.7 Å². The normalized spacial score (nSPS) is 19.9. The summed E-state index contributed by atoms with van der Waals surface area (Å²) in [5.41, 5.74) is -0.105. The van der Waals surface area contributed by atoms with Crippen molar-refractivity contribution in [3.63, 3.8) is 0 Å². The van der Waals surface area contributed by atoms with Crippen LogP contribution in [0.2, 0.25) is 0 Å². The van der Waals surface area contributed by atoms with Crippen LogP contribution in [0.3, 0.4) is 0 Å². The van der Waals surface area contributed by atoms with Crippen LogP contribution in [0.5, 0.6) is 0 Å². The summed E-state index contributed by atoms with van der Waals surface area (Å²) in [6, 6.07) is 6.75. The van der Waals surface area contributed by atoms with Crippen molar-refractivity contribution in [3.05, 3.63) is 51.4 Å². The molecule has 2 N–H and O–H groups in total. The molecule has 1 aliphatic heterocycles. The lowest BCUT2D eigenvalue weighted by Crippen LogP contribution is -2.36. The number of halogens is 1. The van der Waals surface area contributed by atoms with Crippen molar-refractivity contribution in [2.75, 3.05) is 5.32 Å². The fraction of sp³-hybridized carbons (Fsp3) is 0.250. The molecule has 1 aromatic heterocycles. The maximum absolute atomic E-state index is 12.3. The Kier molecular flexibility index (Phi) is 3.45. The van der Waals surface area contributed by atoms with Crippen molar-refractivity contribution in [1.29, 1.82) is 0 Å². The summed E-state index contributed by atoms with van der Waals surface area (Å²) >= 11 is 3.36. The molecule has 6 heteroatoms. The number of ketones is 1. The van der Waals surface area contributed by atoms with Crippen LogP contribution in [-0.4, -0.2) is 16.8 Å². The van der Waals surface area contributed by atoms with Gasteiger partial charge in [0, 0.05) is 10.0 Å². The molecule has 0 unspecified atom stereocenters. The lowest BCUT2D eigenvalue weighted by molar-refractivity contribution is -0.133. The standard InChI is InChI=1S/C16H14BrNO4/c1-8-5-10-14(11(17)6-8)18-15(20)16(10,21)7-12(19)13-4-3-9(2)22-13/h3-6,21H,7H2,1-2H3,(H,18,20)/t16-/m0/s1. The van der Waals surface area contributed by atoms with Gasteiger partial charge in [-0.2, -0.15) is 0 Å². The summed E-state index contributed by atoms with van der Waals surface area (Å²) in [7, 11) is 0. The molecule has 1 amide bonds. The zero-order chi connectivity index (χ0) is 16.1. The molecule has 3 rings (SSSR count). The van der Waals surface area contributed by atoms with Gasteiger partial charge in [0.1, 0.15) is 5.76 Å². The first-order valence-electron chi connectivity index (χ1n) is 6.75. The van der Waals surface area contributed by atoms with Crippen molar-refractivity contribution in [1.82, 2.24) is 0 Å². The Morgan fingerprint density at radius 3 is 2.73 bits per heavy atom. The van der Waals surface area contributed by atoms with Gasteiger partial charge < -0.3 is 14.8 Å². The van der Waals surface area contributed by atoms with E-state index in [-0.39, 0.29) is 12.2 Å². The van der Waals surface area contributed by atoms with Crippen LogP contribution in [0.15, 0.2) is 33.2 Å². The zero-order valence-electron chi connectivity index (χ0n) is 12.1. The van der Waals surface area contributed by atoms with E-state index in [2.05, 4.69) is 21.2 Å². The minimum absolute atomic E-state index is 0.138. The third-order valence-corrected chi connectivity index (χ3v) is 4.35. The molecule has 5 nitrogen and oxygen atoms in total. The summed E-state index contributed by atoms with van der Waals surface area (Å²) < 4.78 is 5.94. The number of hydrogen-bond donors (Lipinski definition) is 2. The molecular formula is C16H14BrNO4. The number of furan rings is 1. The highest BCUT2D eigenvalue weighted by molar-refractivity contribution is 9.10. The lowest BCUT2D eigenvalue weighted by atomic mass is 9.88. The van der Waals surface area contributed by atoms with E-state index in [0.717, 1.165) is 5.56 Å². The smallest absolute Gasteiger partial charge is 0.261 e. The van der Waals surface area contributed by atoms with E-state index >= 15 is 0 Å². The van der Waals surface area contributed by atoms with Crippen molar-refractivity contribution in [2.24, 2.45) is 0 Å². The van der Waals surface area contributed by atoms with Crippen LogP contribution in [0.25, 0.3) is 0 Å². The third-order valence-electron chi connectivity index (χ3n) is 3.73. The predicted molar refractivity (Wildman–Crippen MR) is 83.8 cm³/mol. The number of hydrogen-bond acceptors (Lipinski definition) is 4. The Balaban J connectivity index is 2.00. The average molecular weight is 364 g/mol. The predicted octanol–water partition coefficient (Wildman–Crippen LogP) is 3.07. The Hall–Kier alpha value is -1.92. The molecule has 0 bridgehead atoms. The molecule has 0 spiro atoms. The maximum Gasteiger partial charge on any atom is 0.261 e. The Morgan fingerprint density at radius 2 is 2.09 bits per heavy atom. The molecule has 2 heterocycles. The van der Waals surface area contributed by atoms with Crippen LogP contribution in [0.4, 0.5) is 5.69 Å². The molecule has 0 radical (unpaired) electrons. The minimum atomic E-state index is -1.89. The highest BCUT2D eigenvalue weighted by atomic mass is 79.9. The van der Waals surface area contributed by atoms with Crippen molar-refractivity contribution in [2.45, 2.75) is 25.9 Å². The molecule has 0 fully saturated rings. The van der Waals surface area contributed by atoms with Gasteiger partial charge in [-0.05, 0) is 53.5 Å². The van der Waals surface area contributed by atoms with Crippen molar-refractivity contribution < 1.29 is 19.1 Å². The quantitative estimate of drug-likeness (QED) is 0.821. The van der Waals surface area contributed by atoms with Gasteiger partial charge >= 0.3 is 0 Å². The molecular weight excluding hydrogens is 350 g/mol. The average Bonchev–Trinajstić information content (AvgIpc) is 2.96. The second-order valence-electron chi connectivity index (χ2n) is 5.49. The summed E-state index contributed by atoms with van der Waals surface area (Å²) in [5.74, 6) is -0.286. The second kappa shape index (κ2) is 5.07. The lowest BCUT2D eigenvalue weighted by Gasteiger charge is -2.19. The van der Waals surface area contributed by atoms with Gasteiger partial charge in [-0.1, -0.05) is 6.07 Å². The van der Waals surface area contributed by atoms with Gasteiger partial charge in [-0.15, -0.1) is 0 Å². The molecule has 0 saturated heterocycles. The fourth-order valence-electron chi connectivity index (χ4n) is 2.61. The first-order chi connectivity index (χ1) is 10.3. The van der Waals surface area contributed by atoms with Crippen LogP contribution in [0.1, 0.15) is 33.9 Å². The highest BCUT2D eigenvalue weighted by Gasteiger charge is 2.48. The maximum atomic E-state index is 12.3. The number of benzene rings is 1. The van der Waals surface area contributed by atoms with E-state index in [1.165, 1.54) is 0 Å². The molecule has 1 atom stereocenters. The van der Waals surface area contributed by atoms with Gasteiger partial charge in [-0.3, -0.25) is 9.59 Å². The number of aliphatic hydroxyl groups is 1. The molecule has 0 saturated carbocycles. The minimum Gasteiger partial charge on any atom is -0.458 e. The van der Waals surface area contributed by atoms with Crippen LogP contribution < -0.4 is 5.32 Å². The molecule has 114 valence electrons. The van der Waals surface area contributed by atoms with E-state index in [1.807, 2.05) is 13.0 Å². The first kappa shape index (κ1) is 15.0. The summed E-state index contributed by atoms with van der Waals surface area (Å²) in [6.45, 7) is 3.58. The largest absolute Gasteiger partial charge is 0.458 e. The van der Waals surface area contributed by atoms with E-state index in [1.54, 1.807) is 25.1 Å². The van der Waals surface area contributed by atoms with Gasteiger partial charge in [0.15, 0.2) is 11.4 Å². The molecule has 2 aromatic rings. The van der Waals surface area contributed by atoms with Crippen LogP contribution in [-0.2, 0) is 10.4 Å². The van der Waals surface area contributed by atoms with Crippen LogP contribution >= 0.6 is 15.9 Å². The number of rotatable bonds is 3. The number of nitrogens with one attached hydrogen (secondary N) is 1. The molecule has 1 aromatic carbocycles. The zero-order valence-corrected chi connectivity index (χ0v) is 13.7. The summed E-state index contributed by atoms with van der Waals surface area (Å²) in [6.07, 6.45) is -0.366. The first-order valence-corrected chi connectivity index (χ1v) is 7.54. The van der Waals surface area contributed by atoms with E-state index in [0.29, 0.717) is 21.5 Å². The topological polar surface area (TPSA) is 79.5 Å². The Labute approximate surface area is 135 Å². The number of carbonyl (C=O) groups excluding carboxylic acids is 2. The third kappa shape index (κ3) is 2.28. The van der Waals surface area contributed by atoms with Crippen LogP contribution in [0, 0.1) is 13.8 Å². The number of Topliss-reactive ketones (excluding diaryl/α,β-unsaturated/α-hetero) is 1. The Bertz CT molecular complexity index is 795. The van der Waals surface area contributed by atoms with Crippen molar-refractivity contribution in [3.8, 4) is 0 Å². The van der Waals surface area contributed by atoms with Gasteiger partial charge in [0.2, 0.25) is 5.78 Å². The SMILES string of the molecule is Cc1cc(Br)c2c(c1)[C@@](O)(CC(=O)c1ccc(C)o1)C(=O)N2. The van der Waals surface area contributed by atoms with Gasteiger partial charge in [-0.25, -0.2) is 0 Å². The summed E-state index contributed by atoms with van der Waals surface area (Å²) in [4.78, 5) is 24.5. The molecule has 1 aliphatic rings. The number of amides is 1. The highest BCUT2D eigenvalue weighted by Crippen LogP contribution is 2.43. The number of anilines is 1. The number of carbonyl (C=O) groups is 2. The van der Waals surface area contributed by atoms with E-state index in [4.69, 9.17) is 4.42 Å². The van der Waals surface area contributed by atoms with Crippen molar-refractivity contribution >= 4 is 33.3 Å².